The Kier molecular flexibility index (Phi) is 26.2. The number of rotatable bonds is 12. The number of nitrogens with one attached hydrogen (secondary N) is 4. The fourth-order valence-corrected chi connectivity index (χ4v) is 7.09. The number of hydrogen-bond acceptors (Lipinski definition) is 9. The molecule has 330 valence electrons. The minimum absolute atomic E-state index is 0.00276. The first-order valence-electron chi connectivity index (χ1n) is 21.0. The zero-order chi connectivity index (χ0) is 45.7. The topological polar surface area (TPSA) is 184 Å². The van der Waals surface area contributed by atoms with E-state index in [4.69, 9.17) is 14.5 Å². The Balaban J connectivity index is 0.000000955. The number of likely N-dealkylation sites (tertiary alicyclic amines) is 1. The molecule has 2 aliphatic carbocycles. The summed E-state index contributed by atoms with van der Waals surface area (Å²) in [7, 11) is 3.53. The zero-order valence-electron chi connectivity index (χ0n) is 37.2. The largest absolute Gasteiger partial charge is 0.384 e. The number of fused-ring (bicyclic) bond motifs is 2. The van der Waals surface area contributed by atoms with Gasteiger partial charge in [0.15, 0.2) is 0 Å². The van der Waals surface area contributed by atoms with Gasteiger partial charge in [-0.05, 0) is 85.0 Å². The Morgan fingerprint density at radius 3 is 2.25 bits per heavy atom. The van der Waals surface area contributed by atoms with Crippen LogP contribution in [0.2, 0.25) is 0 Å². The molecule has 61 heavy (non-hydrogen) atoms. The summed E-state index contributed by atoms with van der Waals surface area (Å²) >= 11 is 0. The molecule has 0 bridgehead atoms. The van der Waals surface area contributed by atoms with E-state index in [0.29, 0.717) is 44.0 Å². The van der Waals surface area contributed by atoms with Gasteiger partial charge in [-0.2, -0.15) is 0 Å². The summed E-state index contributed by atoms with van der Waals surface area (Å²) in [5.41, 5.74) is 7.06. The van der Waals surface area contributed by atoms with E-state index in [1.54, 1.807) is 20.4 Å². The normalized spacial score (nSPS) is 20.8. The van der Waals surface area contributed by atoms with Gasteiger partial charge in [-0.1, -0.05) is 71.6 Å². The van der Waals surface area contributed by atoms with Crippen molar-refractivity contribution in [3.05, 3.63) is 65.2 Å². The number of methoxy groups -OCH3 is 1. The number of carbonyl (C=O) groups excluding carboxylic acids is 4. The van der Waals surface area contributed by atoms with Crippen LogP contribution in [-0.4, -0.2) is 91.7 Å². The highest BCUT2D eigenvalue weighted by Gasteiger charge is 2.54. The van der Waals surface area contributed by atoms with Crippen molar-refractivity contribution in [3.8, 4) is 37.5 Å². The molecule has 2 saturated carbocycles. The van der Waals surface area contributed by atoms with Gasteiger partial charge < -0.3 is 41.1 Å². The number of hydrogen-bond donors (Lipinski definition) is 5. The van der Waals surface area contributed by atoms with E-state index < -0.39 is 0 Å². The summed E-state index contributed by atoms with van der Waals surface area (Å²) in [6.45, 7) is 12.0. The van der Waals surface area contributed by atoms with Gasteiger partial charge in [0.25, 0.3) is 0 Å². The number of aldehydes is 1. The Morgan fingerprint density at radius 2 is 1.64 bits per heavy atom. The third-order valence-electron chi connectivity index (χ3n) is 9.72. The number of amides is 3. The summed E-state index contributed by atoms with van der Waals surface area (Å²) in [5.74, 6) is 9.75. The van der Waals surface area contributed by atoms with E-state index in [1.165, 1.54) is 18.4 Å². The van der Waals surface area contributed by atoms with Gasteiger partial charge in [-0.25, -0.2) is 4.98 Å². The van der Waals surface area contributed by atoms with Crippen molar-refractivity contribution >= 4 is 41.6 Å². The summed E-state index contributed by atoms with van der Waals surface area (Å²) in [6.07, 6.45) is 26.9. The Labute approximate surface area is 364 Å². The molecule has 1 aromatic heterocycles. The highest BCUT2D eigenvalue weighted by molar-refractivity contribution is 5.88. The van der Waals surface area contributed by atoms with Crippen LogP contribution in [0.5, 0.6) is 0 Å². The number of aliphatic imine (C=N–C) groups is 1. The lowest BCUT2D eigenvalue weighted by molar-refractivity contribution is -0.132. The third kappa shape index (κ3) is 16.9. The zero-order valence-corrected chi connectivity index (χ0v) is 37.2. The fourth-order valence-electron chi connectivity index (χ4n) is 7.09. The standard InChI is InChI=1S/C34H39N7O3.C3H6O.2C3H8.2C2H2.CH3NO/c1-35-17-32(43)41-30-13-25(30)14-31(41)34-36-15-27(39-34)8-4-20-3-5-22-10-23(7-6-21(22)9-20)29-16-37-33(40-29)26(18-44-2)11-24-12-28(24)38-19-42;1-2-3-4;2*1-3-2;2*1-2;2-1-3/h3,5-7,9-10,15,19,24-26,28-31,35H,11-14,16-18H2,1-2H3,(H,36,39)(H,37,40)(H,38,42);3H,2H2,1H3;2*3H2,1-2H3;2*1-2H;1H,(H2,2,3)/t24?,25?,26-,28-,29?,30-,31+;;;;;;/m1....../s1. The number of ether oxygens (including phenoxy) is 1. The van der Waals surface area contributed by atoms with E-state index >= 15 is 0 Å². The van der Waals surface area contributed by atoms with Crippen molar-refractivity contribution in [2.45, 2.75) is 104 Å². The molecule has 3 heterocycles. The first kappa shape index (κ1) is 53.1. The smallest absolute Gasteiger partial charge is 0.237 e. The van der Waals surface area contributed by atoms with Crippen molar-refractivity contribution in [2.24, 2.45) is 28.5 Å². The molecule has 7 atom stereocenters. The summed E-state index contributed by atoms with van der Waals surface area (Å²) in [4.78, 5) is 56.0. The second-order valence-electron chi connectivity index (χ2n) is 14.7. The monoisotopic (exact) mass is 837 g/mol. The van der Waals surface area contributed by atoms with E-state index in [9.17, 15) is 14.4 Å². The van der Waals surface area contributed by atoms with Gasteiger partial charge in [0, 0.05) is 37.1 Å². The van der Waals surface area contributed by atoms with Crippen LogP contribution in [0, 0.1) is 55.3 Å². The number of aromatic amines is 1. The molecule has 6 N–H and O–H groups in total. The maximum Gasteiger partial charge on any atom is 0.237 e. The SMILES string of the molecule is C#C.C#C.CCC.CCC.CCC=O.CNCC(=O)N1[C@@H]2CC2C[C@H]1c1ncc(C#Cc2ccc3cc(C4CN=C([C@@H](COC)CC5C[C@H]5NC=O)N4)ccc3c2)[nH]1.NC=O. The van der Waals surface area contributed by atoms with Crippen molar-refractivity contribution in [3.63, 3.8) is 0 Å². The molecule has 2 aromatic carbocycles. The van der Waals surface area contributed by atoms with Crippen LogP contribution in [0.1, 0.15) is 114 Å². The highest BCUT2D eigenvalue weighted by atomic mass is 16.5. The predicted octanol–water partition coefficient (Wildman–Crippen LogP) is 5.70. The van der Waals surface area contributed by atoms with Gasteiger partial charge in [0.2, 0.25) is 18.7 Å². The maximum atomic E-state index is 12.7. The highest BCUT2D eigenvalue weighted by Crippen LogP contribution is 2.52. The number of likely N-dealkylation sites (N-methyl/N-ethyl adjacent to an activating group) is 1. The first-order valence-corrected chi connectivity index (χ1v) is 21.0. The number of carbonyl (C=O) groups is 4. The number of terminal acetylenes is 2. The number of amidine groups is 1. The minimum Gasteiger partial charge on any atom is -0.384 e. The molecular weight excluding hydrogens is 769 g/mol. The minimum atomic E-state index is 0.00276. The van der Waals surface area contributed by atoms with Gasteiger partial charge in [-0.15, -0.1) is 25.7 Å². The van der Waals surface area contributed by atoms with Gasteiger partial charge in [0.1, 0.15) is 23.6 Å². The van der Waals surface area contributed by atoms with Crippen LogP contribution >= 0.6 is 0 Å². The van der Waals surface area contributed by atoms with Crippen LogP contribution in [0.15, 0.2) is 47.6 Å². The lowest BCUT2D eigenvalue weighted by Gasteiger charge is -2.26. The summed E-state index contributed by atoms with van der Waals surface area (Å²) in [5, 5.41) is 11.8. The lowest BCUT2D eigenvalue weighted by Crippen LogP contribution is -2.39. The molecule has 3 amide bonds. The van der Waals surface area contributed by atoms with E-state index in [-0.39, 0.29) is 36.4 Å². The van der Waals surface area contributed by atoms with E-state index in [2.05, 4.69) is 133 Å². The number of nitrogens with zero attached hydrogens (tertiary/aromatic N) is 3. The van der Waals surface area contributed by atoms with Crippen LogP contribution in [0.4, 0.5) is 0 Å². The van der Waals surface area contributed by atoms with Gasteiger partial charge in [0.05, 0.1) is 38.0 Å². The lowest BCUT2D eigenvalue weighted by atomic mass is 9.99. The van der Waals surface area contributed by atoms with Crippen molar-refractivity contribution < 1.29 is 23.9 Å². The number of benzene rings is 2. The Hall–Kier alpha value is -5.94. The molecular formula is C48H68N8O5. The fraction of sp³-hybridized carbons (Fsp3) is 0.500. The van der Waals surface area contributed by atoms with Crippen molar-refractivity contribution in [1.29, 1.82) is 0 Å². The number of imidazole rings is 1. The predicted molar refractivity (Wildman–Crippen MR) is 246 cm³/mol. The molecule has 3 fully saturated rings. The van der Waals surface area contributed by atoms with Crippen LogP contribution in [-0.2, 0) is 23.9 Å². The number of primary amides is 1. The average Bonchev–Trinajstić information content (AvgIpc) is 3.96. The Bertz CT molecular complexity index is 1900. The molecule has 0 radical (unpaired) electrons. The second kappa shape index (κ2) is 30.1. The molecule has 4 aliphatic rings. The number of aromatic nitrogens is 2. The Morgan fingerprint density at radius 1 is 1.00 bits per heavy atom. The van der Waals surface area contributed by atoms with Crippen LogP contribution in [0.25, 0.3) is 10.8 Å². The molecule has 3 unspecified atom stereocenters. The summed E-state index contributed by atoms with van der Waals surface area (Å²) in [6, 6.07) is 13.6. The van der Waals surface area contributed by atoms with Crippen LogP contribution < -0.4 is 21.7 Å². The maximum absolute atomic E-state index is 12.7. The summed E-state index contributed by atoms with van der Waals surface area (Å²) < 4.78 is 5.51. The van der Waals surface area contributed by atoms with E-state index in [1.807, 2.05) is 11.8 Å². The molecule has 7 rings (SSSR count). The molecule has 1 saturated heterocycles. The van der Waals surface area contributed by atoms with E-state index in [0.717, 1.165) is 72.1 Å². The molecule has 13 nitrogen and oxygen atoms in total. The molecule has 0 spiro atoms. The van der Waals surface area contributed by atoms with Crippen molar-refractivity contribution in [1.82, 2.24) is 30.8 Å². The average molecular weight is 837 g/mol. The molecule has 3 aromatic rings. The quantitative estimate of drug-likeness (QED) is 0.114. The number of nitrogens with two attached hydrogens (primary N) is 1. The molecule has 13 heteroatoms. The number of H-pyrrole nitrogens is 1. The first-order chi connectivity index (χ1) is 29.7. The molecule has 2 aliphatic heterocycles. The van der Waals surface area contributed by atoms with Gasteiger partial charge in [-0.3, -0.25) is 19.4 Å². The van der Waals surface area contributed by atoms with Crippen LogP contribution in [0.3, 0.4) is 0 Å². The number of piperidine rings is 1. The van der Waals surface area contributed by atoms with Crippen molar-refractivity contribution in [2.75, 3.05) is 33.9 Å². The third-order valence-corrected chi connectivity index (χ3v) is 9.72. The second-order valence-corrected chi connectivity index (χ2v) is 14.7. The van der Waals surface area contributed by atoms with Gasteiger partial charge >= 0.3 is 0 Å².